The molecule has 0 amide bonds. The number of halogens is 1. The van der Waals surface area contributed by atoms with Crippen LogP contribution in [0.2, 0.25) is 0 Å². The second kappa shape index (κ2) is 5.01. The molecule has 0 aliphatic heterocycles. The van der Waals surface area contributed by atoms with Gasteiger partial charge in [-0.3, -0.25) is 0 Å². The molecule has 1 nitrogen and oxygen atoms in total. The number of anilines is 1. The van der Waals surface area contributed by atoms with E-state index in [-0.39, 0.29) is 0 Å². The molecule has 0 aromatic heterocycles. The third kappa shape index (κ3) is 3.48. The van der Waals surface area contributed by atoms with Gasteiger partial charge in [0, 0.05) is 16.2 Å². The van der Waals surface area contributed by atoms with Crippen LogP contribution in [0.1, 0.15) is 45.1 Å². The molecule has 0 bridgehead atoms. The monoisotopic (exact) mass is 295 g/mol. The van der Waals surface area contributed by atoms with Crippen LogP contribution in [0.25, 0.3) is 0 Å². The minimum absolute atomic E-state index is 0.493. The first kappa shape index (κ1) is 12.9. The highest BCUT2D eigenvalue weighted by Crippen LogP contribution is 2.37. The van der Waals surface area contributed by atoms with Gasteiger partial charge in [0.1, 0.15) is 0 Å². The van der Waals surface area contributed by atoms with Crippen molar-refractivity contribution in [1.82, 2.24) is 0 Å². The summed E-state index contributed by atoms with van der Waals surface area (Å²) in [4.78, 5) is 0. The maximum atomic E-state index is 3.69. The molecule has 0 saturated heterocycles. The molecular weight excluding hydrogens is 274 g/mol. The number of rotatable bonds is 2. The Balaban J connectivity index is 2.05. The minimum Gasteiger partial charge on any atom is -0.381 e. The van der Waals surface area contributed by atoms with Crippen molar-refractivity contribution in [2.75, 3.05) is 5.32 Å². The molecule has 1 saturated carbocycles. The maximum absolute atomic E-state index is 3.69. The van der Waals surface area contributed by atoms with Crippen molar-refractivity contribution in [2.24, 2.45) is 5.41 Å². The largest absolute Gasteiger partial charge is 0.381 e. The summed E-state index contributed by atoms with van der Waals surface area (Å²) in [5.41, 5.74) is 3.03. The topological polar surface area (TPSA) is 12.0 Å². The van der Waals surface area contributed by atoms with E-state index in [1.807, 2.05) is 0 Å². The summed E-state index contributed by atoms with van der Waals surface area (Å²) >= 11 is 3.64. The van der Waals surface area contributed by atoms with E-state index in [0.29, 0.717) is 11.5 Å². The van der Waals surface area contributed by atoms with Crippen LogP contribution in [-0.4, -0.2) is 6.04 Å². The van der Waals surface area contributed by atoms with Crippen LogP contribution in [0.4, 0.5) is 5.69 Å². The SMILES string of the molecule is Cc1ccc(NC2CCCC(C)(C)C2)c(Br)c1. The Bertz CT molecular complexity index is 398. The Kier molecular flexibility index (Phi) is 3.82. The molecule has 1 fully saturated rings. The molecule has 0 spiro atoms. The Morgan fingerprint density at radius 3 is 2.76 bits per heavy atom. The van der Waals surface area contributed by atoms with Crippen LogP contribution < -0.4 is 5.32 Å². The molecule has 1 unspecified atom stereocenters. The highest BCUT2D eigenvalue weighted by atomic mass is 79.9. The van der Waals surface area contributed by atoms with Gasteiger partial charge in [-0.25, -0.2) is 0 Å². The van der Waals surface area contributed by atoms with E-state index in [2.05, 4.69) is 60.2 Å². The van der Waals surface area contributed by atoms with Crippen molar-refractivity contribution in [3.8, 4) is 0 Å². The fourth-order valence-corrected chi connectivity index (χ4v) is 3.39. The van der Waals surface area contributed by atoms with Crippen LogP contribution in [-0.2, 0) is 0 Å². The number of hydrogen-bond donors (Lipinski definition) is 1. The average molecular weight is 296 g/mol. The Morgan fingerprint density at radius 2 is 2.12 bits per heavy atom. The lowest BCUT2D eigenvalue weighted by atomic mass is 9.75. The molecule has 0 heterocycles. The average Bonchev–Trinajstić information content (AvgIpc) is 2.21. The molecule has 1 aromatic rings. The number of nitrogens with one attached hydrogen (secondary N) is 1. The first-order valence-corrected chi connectivity index (χ1v) is 7.28. The van der Waals surface area contributed by atoms with Gasteiger partial charge in [-0.15, -0.1) is 0 Å². The molecule has 1 aliphatic carbocycles. The van der Waals surface area contributed by atoms with Gasteiger partial charge in [-0.2, -0.15) is 0 Å². The van der Waals surface area contributed by atoms with Crippen molar-refractivity contribution in [3.05, 3.63) is 28.2 Å². The third-order valence-corrected chi connectivity index (χ3v) is 4.35. The van der Waals surface area contributed by atoms with Crippen molar-refractivity contribution in [3.63, 3.8) is 0 Å². The summed E-state index contributed by atoms with van der Waals surface area (Å²) in [5.74, 6) is 0. The zero-order chi connectivity index (χ0) is 12.5. The third-order valence-electron chi connectivity index (χ3n) is 3.69. The summed E-state index contributed by atoms with van der Waals surface area (Å²) < 4.78 is 1.18. The molecule has 1 aromatic carbocycles. The molecule has 1 aliphatic rings. The smallest absolute Gasteiger partial charge is 0.0486 e. The van der Waals surface area contributed by atoms with Crippen LogP contribution in [0.3, 0.4) is 0 Å². The molecule has 94 valence electrons. The molecular formula is C15H22BrN. The van der Waals surface area contributed by atoms with Crippen LogP contribution in [0.15, 0.2) is 22.7 Å². The van der Waals surface area contributed by atoms with E-state index < -0.39 is 0 Å². The second-order valence-electron chi connectivity index (χ2n) is 6.09. The summed E-state index contributed by atoms with van der Waals surface area (Å²) in [6.07, 6.45) is 5.27. The predicted octanol–water partition coefficient (Wildman–Crippen LogP) is 5.14. The quantitative estimate of drug-likeness (QED) is 0.797. The summed E-state index contributed by atoms with van der Waals surface area (Å²) in [7, 11) is 0. The highest BCUT2D eigenvalue weighted by molar-refractivity contribution is 9.10. The van der Waals surface area contributed by atoms with Gasteiger partial charge in [-0.05, 0) is 65.2 Å². The van der Waals surface area contributed by atoms with E-state index >= 15 is 0 Å². The summed E-state index contributed by atoms with van der Waals surface area (Å²) in [5, 5.41) is 3.69. The molecule has 2 rings (SSSR count). The van der Waals surface area contributed by atoms with Crippen molar-refractivity contribution < 1.29 is 0 Å². The Morgan fingerprint density at radius 1 is 1.35 bits per heavy atom. The lowest BCUT2D eigenvalue weighted by Gasteiger charge is -2.36. The van der Waals surface area contributed by atoms with Crippen molar-refractivity contribution in [2.45, 2.75) is 52.5 Å². The number of aryl methyl sites for hydroxylation is 1. The maximum Gasteiger partial charge on any atom is 0.0486 e. The van der Waals surface area contributed by atoms with Gasteiger partial charge in [0.15, 0.2) is 0 Å². The standard InChI is InChI=1S/C15H22BrN/c1-11-6-7-14(13(16)9-11)17-12-5-4-8-15(2,3)10-12/h6-7,9,12,17H,4-5,8,10H2,1-3H3. The van der Waals surface area contributed by atoms with Gasteiger partial charge >= 0.3 is 0 Å². The summed E-state index contributed by atoms with van der Waals surface area (Å²) in [6.45, 7) is 6.88. The molecule has 17 heavy (non-hydrogen) atoms. The lowest BCUT2D eigenvalue weighted by molar-refractivity contribution is 0.229. The van der Waals surface area contributed by atoms with E-state index in [1.165, 1.54) is 41.4 Å². The fraction of sp³-hybridized carbons (Fsp3) is 0.600. The fourth-order valence-electron chi connectivity index (χ4n) is 2.78. The van der Waals surface area contributed by atoms with Gasteiger partial charge in [-0.1, -0.05) is 26.3 Å². The molecule has 1 N–H and O–H groups in total. The highest BCUT2D eigenvalue weighted by Gasteiger charge is 2.27. The Hall–Kier alpha value is -0.500. The van der Waals surface area contributed by atoms with Crippen molar-refractivity contribution in [1.29, 1.82) is 0 Å². The normalized spacial score (nSPS) is 23.4. The van der Waals surface area contributed by atoms with E-state index in [1.54, 1.807) is 0 Å². The first-order valence-electron chi connectivity index (χ1n) is 6.49. The number of hydrogen-bond acceptors (Lipinski definition) is 1. The predicted molar refractivity (Wildman–Crippen MR) is 78.5 cm³/mol. The first-order chi connectivity index (χ1) is 7.96. The second-order valence-corrected chi connectivity index (χ2v) is 6.94. The van der Waals surface area contributed by atoms with Gasteiger partial charge in [0.25, 0.3) is 0 Å². The molecule has 2 heteroatoms. The summed E-state index contributed by atoms with van der Waals surface area (Å²) in [6, 6.07) is 7.15. The zero-order valence-corrected chi connectivity index (χ0v) is 12.6. The minimum atomic E-state index is 0.493. The van der Waals surface area contributed by atoms with Gasteiger partial charge in [0.2, 0.25) is 0 Å². The zero-order valence-electron chi connectivity index (χ0n) is 11.0. The van der Waals surface area contributed by atoms with Crippen LogP contribution >= 0.6 is 15.9 Å². The lowest BCUT2D eigenvalue weighted by Crippen LogP contribution is -2.31. The van der Waals surface area contributed by atoms with E-state index in [4.69, 9.17) is 0 Å². The molecule has 1 atom stereocenters. The van der Waals surface area contributed by atoms with Gasteiger partial charge < -0.3 is 5.32 Å². The van der Waals surface area contributed by atoms with Crippen molar-refractivity contribution >= 4 is 21.6 Å². The number of benzene rings is 1. The van der Waals surface area contributed by atoms with E-state index in [9.17, 15) is 0 Å². The Labute approximate surface area is 113 Å². The van der Waals surface area contributed by atoms with Crippen LogP contribution in [0, 0.1) is 12.3 Å². The molecule has 0 radical (unpaired) electrons. The van der Waals surface area contributed by atoms with E-state index in [0.717, 1.165) is 0 Å². The van der Waals surface area contributed by atoms with Gasteiger partial charge in [0.05, 0.1) is 0 Å². The van der Waals surface area contributed by atoms with Crippen LogP contribution in [0.5, 0.6) is 0 Å².